The number of nitrogens with one attached hydrogen (secondary N) is 1. The Balaban J connectivity index is 1.82. The topological polar surface area (TPSA) is 228 Å². The van der Waals surface area contributed by atoms with E-state index in [1.165, 1.54) is 109 Å². The van der Waals surface area contributed by atoms with Gasteiger partial charge in [0, 0.05) is 6.42 Å². The Hall–Kier alpha value is -2.31. The summed E-state index contributed by atoms with van der Waals surface area (Å²) in [4.78, 5) is 13.2. The maximum atomic E-state index is 13.2. The SMILES string of the molecule is CC/C=C\C/C=C\C/C=C\C/C=C\CCCCC(=O)NC(COC1OC(CO)C(OC2OC(CO)C(O)C(O)C2O)C(O)C1O)C(O)/C=C/CCCCCCCCCCCCCCCCCCCCC. The average molecular weight is 994 g/mol. The number of hydrogen-bond acceptors (Lipinski definition) is 13. The first kappa shape index (κ1) is 63.8. The highest BCUT2D eigenvalue weighted by Gasteiger charge is 2.51. The molecule has 0 aromatic heterocycles. The van der Waals surface area contributed by atoms with Crippen LogP contribution in [0.1, 0.15) is 194 Å². The van der Waals surface area contributed by atoms with Gasteiger partial charge in [-0.15, -0.1) is 0 Å². The zero-order valence-corrected chi connectivity index (χ0v) is 43.2. The van der Waals surface area contributed by atoms with Crippen molar-refractivity contribution in [2.75, 3.05) is 19.8 Å². The van der Waals surface area contributed by atoms with Crippen LogP contribution in [0.3, 0.4) is 0 Å². The van der Waals surface area contributed by atoms with E-state index in [0.717, 1.165) is 57.8 Å². The molecule has 0 bridgehead atoms. The highest BCUT2D eigenvalue weighted by atomic mass is 16.7. The van der Waals surface area contributed by atoms with Gasteiger partial charge < -0.3 is 65.1 Å². The third-order valence-electron chi connectivity index (χ3n) is 13.2. The molecule has 406 valence electrons. The lowest BCUT2D eigenvalue weighted by atomic mass is 9.97. The van der Waals surface area contributed by atoms with Crippen LogP contribution in [0.2, 0.25) is 0 Å². The fraction of sp³-hybridized carbons (Fsp3) is 0.804. The maximum Gasteiger partial charge on any atom is 0.220 e. The van der Waals surface area contributed by atoms with E-state index in [2.05, 4.69) is 67.8 Å². The lowest BCUT2D eigenvalue weighted by Gasteiger charge is -2.46. The molecule has 0 aromatic carbocycles. The van der Waals surface area contributed by atoms with Crippen molar-refractivity contribution in [3.63, 3.8) is 0 Å². The molecule has 14 nitrogen and oxygen atoms in total. The van der Waals surface area contributed by atoms with Crippen molar-refractivity contribution in [3.05, 3.63) is 60.8 Å². The number of hydrogen-bond donors (Lipinski definition) is 9. The van der Waals surface area contributed by atoms with Crippen LogP contribution < -0.4 is 5.32 Å². The molecule has 2 saturated heterocycles. The van der Waals surface area contributed by atoms with E-state index in [1.54, 1.807) is 6.08 Å². The third-order valence-corrected chi connectivity index (χ3v) is 13.2. The van der Waals surface area contributed by atoms with Crippen molar-refractivity contribution in [3.8, 4) is 0 Å². The second kappa shape index (κ2) is 42.1. The van der Waals surface area contributed by atoms with Gasteiger partial charge in [0.1, 0.15) is 48.8 Å². The van der Waals surface area contributed by atoms with E-state index in [4.69, 9.17) is 18.9 Å². The molecule has 2 rings (SSSR count). The number of unbranched alkanes of at least 4 members (excludes halogenated alkanes) is 21. The highest BCUT2D eigenvalue weighted by molar-refractivity contribution is 5.76. The molecule has 2 heterocycles. The Labute approximate surface area is 422 Å². The van der Waals surface area contributed by atoms with Gasteiger partial charge >= 0.3 is 0 Å². The number of amides is 1. The fourth-order valence-electron chi connectivity index (χ4n) is 8.75. The van der Waals surface area contributed by atoms with Gasteiger partial charge in [0.15, 0.2) is 12.6 Å². The number of aliphatic hydroxyl groups is 8. The zero-order chi connectivity index (χ0) is 51.0. The molecule has 12 atom stereocenters. The molecule has 9 N–H and O–H groups in total. The molecule has 2 aliphatic rings. The van der Waals surface area contributed by atoms with E-state index in [-0.39, 0.29) is 18.9 Å². The van der Waals surface area contributed by atoms with Crippen molar-refractivity contribution in [1.29, 1.82) is 0 Å². The summed E-state index contributed by atoms with van der Waals surface area (Å²) >= 11 is 0. The lowest BCUT2D eigenvalue weighted by molar-refractivity contribution is -0.359. The largest absolute Gasteiger partial charge is 0.394 e. The summed E-state index contributed by atoms with van der Waals surface area (Å²) in [7, 11) is 0. The minimum absolute atomic E-state index is 0.227. The molecule has 0 aliphatic carbocycles. The quantitative estimate of drug-likeness (QED) is 0.0208. The molecule has 70 heavy (non-hydrogen) atoms. The van der Waals surface area contributed by atoms with E-state index >= 15 is 0 Å². The minimum atomic E-state index is -1.79. The number of rotatable bonds is 42. The van der Waals surface area contributed by atoms with E-state index in [0.29, 0.717) is 6.42 Å². The molecule has 14 heteroatoms. The van der Waals surface area contributed by atoms with Crippen molar-refractivity contribution in [1.82, 2.24) is 5.32 Å². The summed E-state index contributed by atoms with van der Waals surface area (Å²) in [5.41, 5.74) is 0. The van der Waals surface area contributed by atoms with Crippen LogP contribution in [-0.2, 0) is 23.7 Å². The molecule has 0 radical (unpaired) electrons. The molecule has 0 saturated carbocycles. The Kier molecular flexibility index (Phi) is 38.4. The smallest absolute Gasteiger partial charge is 0.220 e. The minimum Gasteiger partial charge on any atom is -0.394 e. The first-order chi connectivity index (χ1) is 34.1. The Morgan fingerprint density at radius 1 is 0.529 bits per heavy atom. The van der Waals surface area contributed by atoms with Gasteiger partial charge in [-0.05, 0) is 57.8 Å². The highest BCUT2D eigenvalue weighted by Crippen LogP contribution is 2.30. The monoisotopic (exact) mass is 994 g/mol. The zero-order valence-electron chi connectivity index (χ0n) is 43.2. The van der Waals surface area contributed by atoms with Gasteiger partial charge in [-0.2, -0.15) is 0 Å². The van der Waals surface area contributed by atoms with Crippen molar-refractivity contribution in [2.24, 2.45) is 0 Å². The summed E-state index contributed by atoms with van der Waals surface area (Å²) in [5, 5.41) is 86.9. The van der Waals surface area contributed by atoms with E-state index < -0.39 is 86.8 Å². The molecule has 1 amide bonds. The van der Waals surface area contributed by atoms with Crippen molar-refractivity contribution >= 4 is 5.91 Å². The third kappa shape index (κ3) is 28.2. The fourth-order valence-corrected chi connectivity index (χ4v) is 8.75. The predicted molar refractivity (Wildman–Crippen MR) is 277 cm³/mol. The molecular formula is C56H99NO13. The van der Waals surface area contributed by atoms with Crippen LogP contribution in [-0.4, -0.2) is 140 Å². The van der Waals surface area contributed by atoms with Crippen LogP contribution >= 0.6 is 0 Å². The van der Waals surface area contributed by atoms with Crippen LogP contribution in [0.5, 0.6) is 0 Å². The van der Waals surface area contributed by atoms with Gasteiger partial charge in [-0.3, -0.25) is 4.79 Å². The van der Waals surface area contributed by atoms with Crippen LogP contribution in [0.15, 0.2) is 60.8 Å². The van der Waals surface area contributed by atoms with Gasteiger partial charge in [0.05, 0.1) is 32.0 Å². The van der Waals surface area contributed by atoms with Crippen LogP contribution in [0.4, 0.5) is 0 Å². The molecule has 2 aliphatic heterocycles. The summed E-state index contributed by atoms with van der Waals surface area (Å²) in [6.45, 7) is 2.64. The Morgan fingerprint density at radius 3 is 1.51 bits per heavy atom. The summed E-state index contributed by atoms with van der Waals surface area (Å²) in [6.07, 6.45) is 35.5. The van der Waals surface area contributed by atoms with E-state index in [9.17, 15) is 45.6 Å². The van der Waals surface area contributed by atoms with Gasteiger partial charge in [0.2, 0.25) is 5.91 Å². The average Bonchev–Trinajstić information content (AvgIpc) is 3.36. The molecule has 2 fully saturated rings. The van der Waals surface area contributed by atoms with Gasteiger partial charge in [-0.25, -0.2) is 0 Å². The normalized spacial score (nSPS) is 26.4. The molecule has 0 spiro atoms. The van der Waals surface area contributed by atoms with Gasteiger partial charge in [0.25, 0.3) is 0 Å². The van der Waals surface area contributed by atoms with Gasteiger partial charge in [-0.1, -0.05) is 190 Å². The Morgan fingerprint density at radius 2 is 0.986 bits per heavy atom. The number of allylic oxidation sites excluding steroid dienone is 9. The first-order valence-corrected chi connectivity index (χ1v) is 27.5. The molecule has 12 unspecified atom stereocenters. The van der Waals surface area contributed by atoms with Crippen LogP contribution in [0.25, 0.3) is 0 Å². The predicted octanol–water partition coefficient (Wildman–Crippen LogP) is 8.22. The molecular weight excluding hydrogens is 895 g/mol. The number of carbonyl (C=O) groups excluding carboxylic acids is 1. The summed E-state index contributed by atoms with van der Waals surface area (Å²) in [6, 6.07) is -0.938. The van der Waals surface area contributed by atoms with Crippen LogP contribution in [0, 0.1) is 0 Å². The van der Waals surface area contributed by atoms with Crippen molar-refractivity contribution < 1.29 is 64.6 Å². The second-order valence-electron chi connectivity index (χ2n) is 19.3. The number of carbonyl (C=O) groups is 1. The lowest BCUT2D eigenvalue weighted by Crippen LogP contribution is -2.65. The molecule has 0 aromatic rings. The van der Waals surface area contributed by atoms with E-state index in [1.807, 2.05) is 6.08 Å². The number of aliphatic hydroxyl groups excluding tert-OH is 8. The summed E-state index contributed by atoms with van der Waals surface area (Å²) in [5.74, 6) is -0.281. The second-order valence-corrected chi connectivity index (χ2v) is 19.3. The Bertz CT molecular complexity index is 1410. The van der Waals surface area contributed by atoms with Crippen molar-refractivity contribution in [2.45, 2.75) is 267 Å². The standard InChI is InChI=1S/C56H99NO13/c1-3-5-7-9-11-13-15-17-19-20-21-22-23-24-26-27-29-31-33-35-37-39-45(60)44(57-48(61)40-38-36-34-32-30-28-25-18-16-14-12-10-8-6-4-2)43-67-55-53(66)51(64)54(47(42-59)69-55)70-56-52(65)50(63)49(62)46(41-58)68-56/h6,8,12,14,18,25,30,32,37,39,44-47,49-56,58-60,62-66H,3-5,7,9-11,13,15-17,19-24,26-29,31,33-36,38,40-43H2,1-2H3,(H,57,61)/b8-6-,14-12-,25-18-,32-30-,39-37+. The number of ether oxygens (including phenoxy) is 4. The summed E-state index contributed by atoms with van der Waals surface area (Å²) < 4.78 is 22.7. The maximum absolute atomic E-state index is 13.2. The first-order valence-electron chi connectivity index (χ1n) is 27.5.